The van der Waals surface area contributed by atoms with Gasteiger partial charge < -0.3 is 95.8 Å². The summed E-state index contributed by atoms with van der Waals surface area (Å²) in [4.78, 5) is 134. The molecule has 30 nitrogen and oxygen atoms in total. The fraction of sp³-hybridized carbons (Fsp3) is 0.544. The fourth-order valence-corrected chi connectivity index (χ4v) is 12.0. The highest BCUT2D eigenvalue weighted by atomic mass is 19.1. The molecule has 0 saturated carbocycles. The minimum absolute atomic E-state index is 0.0501. The van der Waals surface area contributed by atoms with Gasteiger partial charge in [-0.15, -0.1) is 0 Å². The van der Waals surface area contributed by atoms with Crippen molar-refractivity contribution in [3.63, 3.8) is 0 Å². The maximum Gasteiger partial charge on any atom is 0.407 e. The molecule has 0 fully saturated rings. The second kappa shape index (κ2) is 37.2. The Morgan fingerprint density at radius 3 is 2.22 bits per heavy atom. The summed E-state index contributed by atoms with van der Waals surface area (Å²) >= 11 is 0. The van der Waals surface area contributed by atoms with E-state index in [0.717, 1.165) is 37.7 Å². The van der Waals surface area contributed by atoms with Crippen LogP contribution in [0, 0.1) is 18.7 Å². The van der Waals surface area contributed by atoms with Crippen LogP contribution in [0.25, 0.3) is 22.3 Å². The van der Waals surface area contributed by atoms with Crippen LogP contribution in [0.4, 0.5) is 24.5 Å². The van der Waals surface area contributed by atoms with Crippen LogP contribution < -0.4 is 53.8 Å². The van der Waals surface area contributed by atoms with Gasteiger partial charge in [-0.25, -0.2) is 28.6 Å². The predicted octanol–water partition coefficient (Wildman–Crippen LogP) is 3.73. The number of benzene rings is 2. The summed E-state index contributed by atoms with van der Waals surface area (Å²) in [7, 11) is 0. The molecule has 0 bridgehead atoms. The third kappa shape index (κ3) is 21.2. The van der Waals surface area contributed by atoms with E-state index in [4.69, 9.17) is 48.6 Å². The number of primary amides is 1. The largest absolute Gasteiger partial charge is 0.458 e. The van der Waals surface area contributed by atoms with Crippen molar-refractivity contribution in [2.75, 3.05) is 91.1 Å². The van der Waals surface area contributed by atoms with Gasteiger partial charge in [0, 0.05) is 47.8 Å². The Morgan fingerprint density at radius 2 is 1.51 bits per heavy atom. The van der Waals surface area contributed by atoms with Crippen LogP contribution in [0.5, 0.6) is 0 Å². The van der Waals surface area contributed by atoms with E-state index in [1.807, 2.05) is 0 Å². The van der Waals surface area contributed by atoms with Crippen LogP contribution in [0.1, 0.15) is 130 Å². The monoisotopic (exact) mass is 1380 g/mol. The molecule has 4 heterocycles. The number of cyclic esters (lactones) is 1. The Hall–Kier alpha value is -9.14. The van der Waals surface area contributed by atoms with Crippen LogP contribution in [0.15, 0.2) is 53.3 Å². The SMILES string of the molecule is CC[C@@]1(O)C(=O)OCc2c1cc1n(c2=O)Cc2c-1nc1cc(F)c(C)c3c1c2[C@@H](NC(=O)COCNC(=O)CNC(=O)OCc1ccc(NC(=O)[C@H](CCCNC(N)=O)NC(=O)[C@@H](NC(=O)CCOCCOCCOCCOCCNC(=O)OC2CC/C=C\CCC2)C(C)C)cc1)CC3. The van der Waals surface area contributed by atoms with Crippen LogP contribution in [-0.2, 0) is 98.4 Å². The summed E-state index contributed by atoms with van der Waals surface area (Å²) < 4.78 is 60.4. The van der Waals surface area contributed by atoms with Crippen molar-refractivity contribution in [3.05, 3.63) is 104 Å². The van der Waals surface area contributed by atoms with E-state index >= 15 is 4.39 Å². The average Bonchev–Trinajstić information content (AvgIpc) is 1.62. The summed E-state index contributed by atoms with van der Waals surface area (Å²) in [6.07, 6.45) is 8.40. The molecule has 1 unspecified atom stereocenters. The number of amides is 9. The third-order valence-electron chi connectivity index (χ3n) is 17.3. The van der Waals surface area contributed by atoms with Gasteiger partial charge in [0.05, 0.1) is 87.9 Å². The van der Waals surface area contributed by atoms with Gasteiger partial charge in [0.15, 0.2) is 5.60 Å². The number of allylic oxidation sites excluding steroid dienone is 2. The molecule has 0 saturated heterocycles. The topological polar surface area (TPSA) is 405 Å². The number of urea groups is 1. The van der Waals surface area contributed by atoms with Gasteiger partial charge in [0.1, 0.15) is 57.1 Å². The molecule has 31 heteroatoms. The van der Waals surface area contributed by atoms with Crippen molar-refractivity contribution in [1.82, 2.24) is 46.8 Å². The molecule has 5 atom stereocenters. The quantitative estimate of drug-likeness (QED) is 0.00897. The number of aliphatic hydroxyl groups is 1. The number of ether oxygens (including phenoxy) is 8. The second-order valence-electron chi connectivity index (χ2n) is 24.6. The number of esters is 1. The van der Waals surface area contributed by atoms with Gasteiger partial charge in [0.25, 0.3) is 5.56 Å². The normalized spacial score (nSPS) is 17.6. The van der Waals surface area contributed by atoms with Gasteiger partial charge >= 0.3 is 24.2 Å². The summed E-state index contributed by atoms with van der Waals surface area (Å²) in [5.74, 6) is -4.60. The van der Waals surface area contributed by atoms with E-state index in [0.29, 0.717) is 103 Å². The number of nitrogens with two attached hydrogens (primary N) is 1. The van der Waals surface area contributed by atoms with Crippen LogP contribution in [0.2, 0.25) is 0 Å². The number of carbonyl (C=O) groups is 9. The number of fused-ring (bicyclic) bond motifs is 5. The van der Waals surface area contributed by atoms with Gasteiger partial charge in [-0.2, -0.15) is 0 Å². The first kappa shape index (κ1) is 75.6. The zero-order valence-electron chi connectivity index (χ0n) is 56.2. The lowest BCUT2D eigenvalue weighted by molar-refractivity contribution is -0.172. The van der Waals surface area contributed by atoms with Crippen molar-refractivity contribution >= 4 is 70.3 Å². The summed E-state index contributed by atoms with van der Waals surface area (Å²) in [6.45, 7) is 7.45. The Kier molecular flexibility index (Phi) is 28.4. The number of hydrogen-bond acceptors (Lipinski definition) is 20. The zero-order chi connectivity index (χ0) is 71.0. The van der Waals surface area contributed by atoms with Crippen molar-refractivity contribution in [3.8, 4) is 11.4 Å². The fourth-order valence-electron chi connectivity index (χ4n) is 12.0. The molecule has 8 rings (SSSR count). The summed E-state index contributed by atoms with van der Waals surface area (Å²) in [5.41, 5.74) is 7.20. The molecule has 2 aromatic carbocycles. The first-order chi connectivity index (χ1) is 47.6. The van der Waals surface area contributed by atoms with Gasteiger partial charge in [0.2, 0.25) is 29.5 Å². The van der Waals surface area contributed by atoms with Gasteiger partial charge in [-0.1, -0.05) is 45.1 Å². The summed E-state index contributed by atoms with van der Waals surface area (Å²) in [6, 6.07) is 5.59. The van der Waals surface area contributed by atoms with E-state index in [2.05, 4.69) is 54.7 Å². The van der Waals surface area contributed by atoms with Crippen molar-refractivity contribution in [2.45, 2.75) is 148 Å². The number of hydrogen-bond donors (Lipinski definition) is 10. The Labute approximate surface area is 571 Å². The molecule has 11 N–H and O–H groups in total. The molecule has 2 aliphatic carbocycles. The van der Waals surface area contributed by atoms with E-state index in [1.165, 1.54) is 10.6 Å². The van der Waals surface area contributed by atoms with Gasteiger partial charge in [-0.05, 0) is 118 Å². The minimum atomic E-state index is -2.06. The Morgan fingerprint density at radius 1 is 0.788 bits per heavy atom. The number of nitrogens with zero attached hydrogens (tertiary/aromatic N) is 2. The number of rotatable bonds is 36. The average molecular weight is 1380 g/mol. The molecular weight excluding hydrogens is 1290 g/mol. The van der Waals surface area contributed by atoms with Crippen LogP contribution >= 0.6 is 0 Å². The lowest BCUT2D eigenvalue weighted by Crippen LogP contribution is -2.54. The summed E-state index contributed by atoms with van der Waals surface area (Å²) in [5, 5.41) is 33.2. The standard InChI is InChI=1S/C68H90FN11O19/c1-5-68(91)48-32-53-60-46(35-80(53)63(86)47(48)37-97-64(68)87)58-50(20-19-45-41(4)49(69)33-52(77-60)57(45)58)76-56(83)38-96-39-74-55(82)34-73-66(89)98-36-42-15-17-43(18-16-42)75-61(84)51(14-11-22-71-65(70)88)78-62(85)59(40(2)3)79-54(81)21-24-92-26-28-94-30-31-95-29-27-93-25-23-72-67(90)99-44-12-9-7-6-8-10-13-44/h6-7,15-18,32-33,40,44,50-51,59,91H,5,8-14,19-31,34-39H2,1-4H3,(H,72,90)(H,73,89)(H,74,82)(H,75,84)(H,76,83)(H,78,85)(H,79,81)(H3,70,71,88)/b7-6-/t44?,50-,51-,59-,68-/m0/s1. The molecule has 2 aliphatic heterocycles. The predicted molar refractivity (Wildman–Crippen MR) is 355 cm³/mol. The number of aromatic nitrogens is 2. The number of anilines is 1. The highest BCUT2D eigenvalue weighted by Gasteiger charge is 2.46. The van der Waals surface area contributed by atoms with Crippen molar-refractivity contribution in [2.24, 2.45) is 11.7 Å². The van der Waals surface area contributed by atoms with E-state index < -0.39 is 109 Å². The number of alkyl carbamates (subject to hydrolysis) is 2. The minimum Gasteiger partial charge on any atom is -0.458 e. The Bertz CT molecular complexity index is 3640. The molecule has 538 valence electrons. The first-order valence-electron chi connectivity index (χ1n) is 33.4. The smallest absolute Gasteiger partial charge is 0.407 e. The molecule has 2 aromatic heterocycles. The van der Waals surface area contributed by atoms with E-state index in [9.17, 15) is 53.1 Å². The molecule has 9 amide bonds. The first-order valence-corrected chi connectivity index (χ1v) is 33.4. The third-order valence-corrected chi connectivity index (χ3v) is 17.3. The molecule has 4 aromatic rings. The van der Waals surface area contributed by atoms with E-state index in [1.54, 1.807) is 58.0 Å². The lowest BCUT2D eigenvalue weighted by atomic mass is 9.81. The molecular formula is C68H90FN11O19. The zero-order valence-corrected chi connectivity index (χ0v) is 56.2. The Balaban J connectivity index is 0.701. The number of carbonyl (C=O) groups excluding carboxylic acids is 9. The van der Waals surface area contributed by atoms with Crippen LogP contribution in [0.3, 0.4) is 0 Å². The second-order valence-corrected chi connectivity index (χ2v) is 24.6. The number of nitrogens with one attached hydrogen (secondary N) is 8. The highest BCUT2D eigenvalue weighted by molar-refractivity contribution is 5.99. The molecule has 0 spiro atoms. The van der Waals surface area contributed by atoms with Gasteiger partial charge in [-0.3, -0.25) is 28.8 Å². The van der Waals surface area contributed by atoms with Crippen molar-refractivity contribution in [1.29, 1.82) is 0 Å². The molecule has 4 aliphatic rings. The van der Waals surface area contributed by atoms with Crippen LogP contribution in [-0.4, -0.2) is 172 Å². The van der Waals surface area contributed by atoms with E-state index in [-0.39, 0.29) is 95.0 Å². The number of pyridine rings is 2. The molecule has 0 radical (unpaired) electrons. The maximum absolute atomic E-state index is 15.4. The number of halogens is 1. The lowest BCUT2D eigenvalue weighted by Gasteiger charge is -2.31. The highest BCUT2D eigenvalue weighted by Crippen LogP contribution is 2.46. The molecule has 99 heavy (non-hydrogen) atoms. The number of aryl methyl sites for hydroxylation is 1. The maximum atomic E-state index is 15.4. The van der Waals surface area contributed by atoms with Crippen molar-refractivity contribution < 1.29 is 90.5 Å².